The largest absolute Gasteiger partial charge is 0.314 e. The minimum Gasteiger partial charge on any atom is -0.314 e. The highest BCUT2D eigenvalue weighted by Gasteiger charge is 2.26. The van der Waals surface area contributed by atoms with Crippen molar-refractivity contribution in [1.29, 1.82) is 5.26 Å². The number of benzene rings is 1. The van der Waals surface area contributed by atoms with Crippen molar-refractivity contribution in [3.63, 3.8) is 0 Å². The van der Waals surface area contributed by atoms with Gasteiger partial charge in [-0.2, -0.15) is 5.26 Å². The molecule has 1 aromatic rings. The Labute approximate surface area is 105 Å². The van der Waals surface area contributed by atoms with E-state index >= 15 is 0 Å². The molecule has 5 heteroatoms. The fraction of sp³-hybridized carbons (Fsp3) is 0.417. The maximum Gasteiger partial charge on any atom is 0.130 e. The molecule has 0 spiro atoms. The number of halogens is 2. The van der Waals surface area contributed by atoms with Crippen LogP contribution in [0.5, 0.6) is 0 Å². The second-order valence-electron chi connectivity index (χ2n) is 3.95. The normalized spacial score (nSPS) is 18.6. The van der Waals surface area contributed by atoms with Gasteiger partial charge in [0.15, 0.2) is 0 Å². The van der Waals surface area contributed by atoms with Crippen molar-refractivity contribution < 1.29 is 4.39 Å². The van der Waals surface area contributed by atoms with E-state index in [1.807, 2.05) is 4.90 Å². The molecule has 1 aliphatic heterocycles. The molecule has 1 unspecified atom stereocenters. The number of nitrogens with one attached hydrogen (secondary N) is 1. The molecule has 0 aliphatic carbocycles. The summed E-state index contributed by atoms with van der Waals surface area (Å²) in [4.78, 5) is 1.95. The van der Waals surface area contributed by atoms with E-state index < -0.39 is 11.9 Å². The van der Waals surface area contributed by atoms with Gasteiger partial charge in [0.25, 0.3) is 0 Å². The summed E-state index contributed by atoms with van der Waals surface area (Å²) in [6.45, 7) is 3.07. The summed E-state index contributed by atoms with van der Waals surface area (Å²) in [7, 11) is 0. The standard InChI is InChI=1S/C12H13ClFN3/c13-9-2-1-3-10(14)12(9)11(8-15)17-6-4-16-5-7-17/h1-3,11,16H,4-7H2. The van der Waals surface area contributed by atoms with Gasteiger partial charge in [-0.15, -0.1) is 0 Å². The molecule has 90 valence electrons. The first-order valence-electron chi connectivity index (χ1n) is 5.52. The zero-order valence-corrected chi connectivity index (χ0v) is 10.0. The summed E-state index contributed by atoms with van der Waals surface area (Å²) in [5, 5.41) is 12.8. The zero-order valence-electron chi connectivity index (χ0n) is 9.29. The topological polar surface area (TPSA) is 39.1 Å². The monoisotopic (exact) mass is 253 g/mol. The van der Waals surface area contributed by atoms with E-state index in [0.717, 1.165) is 26.2 Å². The van der Waals surface area contributed by atoms with Crippen LogP contribution in [0.15, 0.2) is 18.2 Å². The number of hydrogen-bond acceptors (Lipinski definition) is 3. The van der Waals surface area contributed by atoms with Gasteiger partial charge in [-0.1, -0.05) is 17.7 Å². The van der Waals surface area contributed by atoms with Crippen molar-refractivity contribution in [1.82, 2.24) is 10.2 Å². The van der Waals surface area contributed by atoms with Crippen molar-refractivity contribution in [2.45, 2.75) is 6.04 Å². The smallest absolute Gasteiger partial charge is 0.130 e. The molecule has 3 nitrogen and oxygen atoms in total. The SMILES string of the molecule is N#CC(c1c(F)cccc1Cl)N1CCNCC1. The highest BCUT2D eigenvalue weighted by Crippen LogP contribution is 2.29. The molecule has 1 aliphatic rings. The Morgan fingerprint density at radius 1 is 1.41 bits per heavy atom. The Kier molecular flexibility index (Phi) is 3.95. The van der Waals surface area contributed by atoms with Crippen molar-refractivity contribution in [2.24, 2.45) is 0 Å². The van der Waals surface area contributed by atoms with E-state index in [2.05, 4.69) is 11.4 Å². The summed E-state index contributed by atoms with van der Waals surface area (Å²) in [6, 6.07) is 6.05. The molecule has 1 saturated heterocycles. The average molecular weight is 254 g/mol. The Morgan fingerprint density at radius 3 is 2.71 bits per heavy atom. The predicted molar refractivity (Wildman–Crippen MR) is 64.2 cm³/mol. The maximum atomic E-state index is 13.8. The van der Waals surface area contributed by atoms with Crippen LogP contribution >= 0.6 is 11.6 Å². The van der Waals surface area contributed by atoms with Crippen molar-refractivity contribution in [2.75, 3.05) is 26.2 Å². The molecule has 17 heavy (non-hydrogen) atoms. The number of nitrogens with zero attached hydrogens (tertiary/aromatic N) is 2. The molecule has 0 bridgehead atoms. The van der Waals surface area contributed by atoms with Gasteiger partial charge in [0.05, 0.1) is 6.07 Å². The first-order chi connectivity index (χ1) is 8.24. The van der Waals surface area contributed by atoms with Crippen LogP contribution in [0, 0.1) is 17.1 Å². The fourth-order valence-corrected chi connectivity index (χ4v) is 2.31. The molecule has 0 saturated carbocycles. The molecule has 1 heterocycles. The van der Waals surface area contributed by atoms with Crippen molar-refractivity contribution >= 4 is 11.6 Å². The minimum atomic E-state index is -0.606. The lowest BCUT2D eigenvalue weighted by Crippen LogP contribution is -2.45. The minimum absolute atomic E-state index is 0.290. The van der Waals surface area contributed by atoms with E-state index in [1.54, 1.807) is 12.1 Å². The van der Waals surface area contributed by atoms with Crippen LogP contribution in [0.25, 0.3) is 0 Å². The lowest BCUT2D eigenvalue weighted by molar-refractivity contribution is 0.204. The van der Waals surface area contributed by atoms with Gasteiger partial charge in [-0.3, -0.25) is 4.90 Å². The summed E-state index contributed by atoms with van der Waals surface area (Å²) in [5.74, 6) is -0.414. The van der Waals surface area contributed by atoms with Crippen LogP contribution in [0.2, 0.25) is 5.02 Å². The highest BCUT2D eigenvalue weighted by atomic mass is 35.5. The molecule has 2 rings (SSSR count). The summed E-state index contributed by atoms with van der Waals surface area (Å²) in [6.07, 6.45) is 0. The number of rotatable bonds is 2. The lowest BCUT2D eigenvalue weighted by Gasteiger charge is -2.31. The van der Waals surface area contributed by atoms with Crippen LogP contribution < -0.4 is 5.32 Å². The summed E-state index contributed by atoms with van der Waals surface area (Å²) >= 11 is 5.99. The molecule has 1 aromatic carbocycles. The third-order valence-corrected chi connectivity index (χ3v) is 3.24. The Balaban J connectivity index is 2.32. The van der Waals surface area contributed by atoms with Crippen LogP contribution in [0.1, 0.15) is 11.6 Å². The van der Waals surface area contributed by atoms with Gasteiger partial charge in [0, 0.05) is 36.8 Å². The van der Waals surface area contributed by atoms with Gasteiger partial charge in [0.1, 0.15) is 11.9 Å². The van der Waals surface area contributed by atoms with Crippen LogP contribution in [0.3, 0.4) is 0 Å². The van der Waals surface area contributed by atoms with Gasteiger partial charge in [-0.05, 0) is 12.1 Å². The van der Waals surface area contributed by atoms with Gasteiger partial charge in [-0.25, -0.2) is 4.39 Å². The number of hydrogen-bond donors (Lipinski definition) is 1. The lowest BCUT2D eigenvalue weighted by atomic mass is 10.0. The van der Waals surface area contributed by atoms with Crippen molar-refractivity contribution in [3.8, 4) is 6.07 Å². The van der Waals surface area contributed by atoms with Crippen molar-refractivity contribution in [3.05, 3.63) is 34.6 Å². The predicted octanol–water partition coefficient (Wildman–Crippen LogP) is 1.95. The molecular weight excluding hydrogens is 241 g/mol. The molecular formula is C12H13ClFN3. The second-order valence-corrected chi connectivity index (χ2v) is 4.36. The third-order valence-electron chi connectivity index (χ3n) is 2.91. The molecule has 0 aromatic heterocycles. The highest BCUT2D eigenvalue weighted by molar-refractivity contribution is 6.31. The Morgan fingerprint density at radius 2 is 2.12 bits per heavy atom. The number of piperazine rings is 1. The Hall–Kier alpha value is -1.15. The maximum absolute atomic E-state index is 13.8. The molecule has 1 fully saturated rings. The van der Waals surface area contributed by atoms with E-state index in [0.29, 0.717) is 10.6 Å². The first kappa shape index (κ1) is 12.3. The zero-order chi connectivity index (χ0) is 12.3. The quantitative estimate of drug-likeness (QED) is 0.876. The average Bonchev–Trinajstić information content (AvgIpc) is 2.35. The third kappa shape index (κ3) is 2.58. The second kappa shape index (κ2) is 5.46. The molecule has 1 N–H and O–H groups in total. The van der Waals surface area contributed by atoms with Crippen LogP contribution in [-0.2, 0) is 0 Å². The summed E-state index contributed by atoms with van der Waals surface area (Å²) in [5.41, 5.74) is 0.290. The first-order valence-corrected chi connectivity index (χ1v) is 5.90. The van der Waals surface area contributed by atoms with Gasteiger partial charge in [0.2, 0.25) is 0 Å². The number of nitriles is 1. The van der Waals surface area contributed by atoms with Gasteiger partial charge < -0.3 is 5.32 Å². The van der Waals surface area contributed by atoms with Crippen LogP contribution in [-0.4, -0.2) is 31.1 Å². The van der Waals surface area contributed by atoms with E-state index in [4.69, 9.17) is 11.6 Å². The van der Waals surface area contributed by atoms with E-state index in [-0.39, 0.29) is 0 Å². The van der Waals surface area contributed by atoms with E-state index in [1.165, 1.54) is 6.07 Å². The van der Waals surface area contributed by atoms with Crippen LogP contribution in [0.4, 0.5) is 4.39 Å². The summed E-state index contributed by atoms with van der Waals surface area (Å²) < 4.78 is 13.8. The van der Waals surface area contributed by atoms with E-state index in [9.17, 15) is 9.65 Å². The molecule has 0 radical (unpaired) electrons. The van der Waals surface area contributed by atoms with Gasteiger partial charge >= 0.3 is 0 Å². The molecule has 0 amide bonds. The Bertz CT molecular complexity index is 418. The fourth-order valence-electron chi connectivity index (χ4n) is 2.04. The molecule has 1 atom stereocenters.